The topological polar surface area (TPSA) is 103 Å². The number of methoxy groups -OCH3 is 1. The molecule has 1 aromatic carbocycles. The van der Waals surface area contributed by atoms with Gasteiger partial charge in [0.15, 0.2) is 0 Å². The Bertz CT molecular complexity index is 661. The molecule has 1 aromatic rings. The number of hydrogen-bond acceptors (Lipinski definition) is 6. The van der Waals surface area contributed by atoms with E-state index in [-0.39, 0.29) is 29.8 Å². The van der Waals surface area contributed by atoms with Gasteiger partial charge in [0.25, 0.3) is 0 Å². The fourth-order valence-corrected chi connectivity index (χ4v) is 3.01. The second-order valence-corrected chi connectivity index (χ2v) is 7.15. The van der Waals surface area contributed by atoms with E-state index in [1.165, 1.54) is 25.3 Å². The highest BCUT2D eigenvalue weighted by Crippen LogP contribution is 2.27. The molecule has 0 aliphatic rings. The Morgan fingerprint density at radius 3 is 2.60 bits per heavy atom. The second kappa shape index (κ2) is 10.2. The van der Waals surface area contributed by atoms with Crippen molar-refractivity contribution in [2.75, 3.05) is 32.2 Å². The molecular weight excluding hydrogens is 348 g/mol. The van der Waals surface area contributed by atoms with Crippen molar-refractivity contribution >= 4 is 21.8 Å². The summed E-state index contributed by atoms with van der Waals surface area (Å²) in [6.07, 6.45) is -0.0227. The molecule has 0 saturated heterocycles. The minimum atomic E-state index is -3.71. The van der Waals surface area contributed by atoms with Gasteiger partial charge < -0.3 is 14.2 Å². The Kier molecular flexibility index (Phi) is 8.67. The number of ether oxygens (including phenoxy) is 3. The summed E-state index contributed by atoms with van der Waals surface area (Å²) in [7, 11) is -2.29. The first kappa shape index (κ1) is 21.2. The molecular formula is C16H26N2O6S. The molecule has 0 spiro atoms. The predicted octanol–water partition coefficient (Wildman–Crippen LogP) is 2.36. The summed E-state index contributed by atoms with van der Waals surface area (Å²) in [5.41, 5.74) is 0.215. The molecule has 1 amide bonds. The van der Waals surface area contributed by atoms with E-state index in [9.17, 15) is 13.2 Å². The lowest BCUT2D eigenvalue weighted by Crippen LogP contribution is -2.26. The second-order valence-electron chi connectivity index (χ2n) is 5.38. The molecule has 8 nitrogen and oxygen atoms in total. The Morgan fingerprint density at radius 2 is 2.00 bits per heavy atom. The van der Waals surface area contributed by atoms with Crippen LogP contribution in [0.2, 0.25) is 0 Å². The third kappa shape index (κ3) is 7.29. The smallest absolute Gasteiger partial charge is 0.411 e. The molecule has 0 radical (unpaired) electrons. The minimum Gasteiger partial charge on any atom is -0.495 e. The van der Waals surface area contributed by atoms with Gasteiger partial charge in [0.1, 0.15) is 5.75 Å². The quantitative estimate of drug-likeness (QED) is 0.610. The highest BCUT2D eigenvalue weighted by molar-refractivity contribution is 7.89. The van der Waals surface area contributed by atoms with Crippen molar-refractivity contribution in [3.8, 4) is 5.75 Å². The van der Waals surface area contributed by atoms with Crippen molar-refractivity contribution in [1.29, 1.82) is 0 Å². The summed E-state index contributed by atoms with van der Waals surface area (Å²) < 4.78 is 42.5. The van der Waals surface area contributed by atoms with E-state index in [2.05, 4.69) is 10.0 Å². The van der Waals surface area contributed by atoms with Crippen LogP contribution in [0.25, 0.3) is 0 Å². The number of hydrogen-bond donors (Lipinski definition) is 2. The Balaban J connectivity index is 2.80. The lowest BCUT2D eigenvalue weighted by atomic mass is 10.3. The molecule has 1 rings (SSSR count). The van der Waals surface area contributed by atoms with E-state index >= 15 is 0 Å². The predicted molar refractivity (Wildman–Crippen MR) is 94.5 cm³/mol. The average Bonchev–Trinajstić information content (AvgIpc) is 2.54. The number of anilines is 1. The number of rotatable bonds is 10. The van der Waals surface area contributed by atoms with E-state index < -0.39 is 16.1 Å². The maximum atomic E-state index is 12.4. The first-order valence-electron chi connectivity index (χ1n) is 8.03. The summed E-state index contributed by atoms with van der Waals surface area (Å²) in [4.78, 5) is 11.6. The van der Waals surface area contributed by atoms with Gasteiger partial charge in [0.05, 0.1) is 30.4 Å². The zero-order valence-corrected chi connectivity index (χ0v) is 15.8. The molecule has 0 aliphatic carbocycles. The summed E-state index contributed by atoms with van der Waals surface area (Å²) in [5.74, 6) is 0.331. The van der Waals surface area contributed by atoms with Gasteiger partial charge in [-0.1, -0.05) is 0 Å². The fraction of sp³-hybridized carbons (Fsp3) is 0.562. The number of amides is 1. The standard InChI is InChI=1S/C16H26N2O6S/c1-5-23-16(19)18-14-11-13(7-8-15(14)22-4)25(20,21)17-9-6-10-24-12(2)3/h7-8,11-12,17H,5-6,9-10H2,1-4H3,(H,18,19). The SMILES string of the molecule is CCOC(=O)Nc1cc(S(=O)(=O)NCCCOC(C)C)ccc1OC. The van der Waals surface area contributed by atoms with Crippen molar-refractivity contribution < 1.29 is 27.4 Å². The molecule has 9 heteroatoms. The Hall–Kier alpha value is -1.84. The van der Waals surface area contributed by atoms with Gasteiger partial charge in [-0.2, -0.15) is 0 Å². The number of carbonyl (C=O) groups excluding carboxylic acids is 1. The van der Waals surface area contributed by atoms with Gasteiger partial charge in [-0.05, 0) is 45.4 Å². The molecule has 0 bridgehead atoms. The van der Waals surface area contributed by atoms with Crippen molar-refractivity contribution in [2.45, 2.75) is 38.2 Å². The summed E-state index contributed by atoms with van der Waals surface area (Å²) in [5, 5.41) is 2.47. The first-order valence-corrected chi connectivity index (χ1v) is 9.51. The zero-order valence-electron chi connectivity index (χ0n) is 15.0. The molecule has 0 heterocycles. The summed E-state index contributed by atoms with van der Waals surface area (Å²) >= 11 is 0. The van der Waals surface area contributed by atoms with Gasteiger partial charge in [0.2, 0.25) is 10.0 Å². The maximum absolute atomic E-state index is 12.4. The highest BCUT2D eigenvalue weighted by Gasteiger charge is 2.17. The molecule has 25 heavy (non-hydrogen) atoms. The van der Waals surface area contributed by atoms with Crippen LogP contribution in [0.3, 0.4) is 0 Å². The van der Waals surface area contributed by atoms with Gasteiger partial charge in [-0.25, -0.2) is 17.9 Å². The lowest BCUT2D eigenvalue weighted by Gasteiger charge is -2.13. The highest BCUT2D eigenvalue weighted by atomic mass is 32.2. The Morgan fingerprint density at radius 1 is 1.28 bits per heavy atom. The molecule has 2 N–H and O–H groups in total. The van der Waals surface area contributed by atoms with Crippen molar-refractivity contribution in [1.82, 2.24) is 4.72 Å². The van der Waals surface area contributed by atoms with Crippen LogP contribution in [0.1, 0.15) is 27.2 Å². The maximum Gasteiger partial charge on any atom is 0.411 e. The van der Waals surface area contributed by atoms with Crippen molar-refractivity contribution in [3.05, 3.63) is 18.2 Å². The number of carbonyl (C=O) groups is 1. The van der Waals surface area contributed by atoms with Crippen LogP contribution in [0, 0.1) is 0 Å². The van der Waals surface area contributed by atoms with E-state index in [1.807, 2.05) is 13.8 Å². The summed E-state index contributed by atoms with van der Waals surface area (Å²) in [6.45, 7) is 6.43. The molecule has 0 fully saturated rings. The normalized spacial score (nSPS) is 11.4. The van der Waals surface area contributed by atoms with Gasteiger partial charge in [-0.3, -0.25) is 5.32 Å². The molecule has 0 aliphatic heterocycles. The molecule has 0 atom stereocenters. The molecule has 142 valence electrons. The van der Waals surface area contributed by atoms with E-state index in [0.717, 1.165) is 0 Å². The van der Waals surface area contributed by atoms with Crippen molar-refractivity contribution in [3.63, 3.8) is 0 Å². The minimum absolute atomic E-state index is 0.0184. The lowest BCUT2D eigenvalue weighted by molar-refractivity contribution is 0.0778. The zero-order chi connectivity index (χ0) is 18.9. The molecule has 0 aromatic heterocycles. The Labute approximate surface area is 148 Å². The molecule has 0 saturated carbocycles. The molecule has 0 unspecified atom stereocenters. The van der Waals surface area contributed by atoms with E-state index in [4.69, 9.17) is 14.2 Å². The third-order valence-corrected chi connectivity index (χ3v) is 4.52. The summed E-state index contributed by atoms with van der Waals surface area (Å²) in [6, 6.07) is 4.20. The number of nitrogens with one attached hydrogen (secondary N) is 2. The van der Waals surface area contributed by atoms with Crippen LogP contribution in [-0.4, -0.2) is 47.5 Å². The van der Waals surface area contributed by atoms with Crippen LogP contribution in [-0.2, 0) is 19.5 Å². The van der Waals surface area contributed by atoms with Gasteiger partial charge >= 0.3 is 6.09 Å². The van der Waals surface area contributed by atoms with Crippen molar-refractivity contribution in [2.24, 2.45) is 0 Å². The monoisotopic (exact) mass is 374 g/mol. The van der Waals surface area contributed by atoms with Crippen LogP contribution in [0.15, 0.2) is 23.1 Å². The van der Waals surface area contributed by atoms with E-state index in [0.29, 0.717) is 18.8 Å². The largest absolute Gasteiger partial charge is 0.495 e. The van der Waals surface area contributed by atoms with Crippen LogP contribution < -0.4 is 14.8 Å². The average molecular weight is 374 g/mol. The van der Waals surface area contributed by atoms with E-state index in [1.54, 1.807) is 6.92 Å². The number of sulfonamides is 1. The third-order valence-electron chi connectivity index (χ3n) is 3.06. The van der Waals surface area contributed by atoms with Gasteiger partial charge in [-0.15, -0.1) is 0 Å². The van der Waals surface area contributed by atoms with Crippen LogP contribution in [0.5, 0.6) is 5.75 Å². The fourth-order valence-electron chi connectivity index (χ4n) is 1.91. The van der Waals surface area contributed by atoms with Crippen LogP contribution in [0.4, 0.5) is 10.5 Å². The van der Waals surface area contributed by atoms with Crippen LogP contribution >= 0.6 is 0 Å². The first-order chi connectivity index (χ1) is 11.8. The van der Waals surface area contributed by atoms with Gasteiger partial charge in [0, 0.05) is 13.2 Å². The number of benzene rings is 1.